The van der Waals surface area contributed by atoms with Gasteiger partial charge in [0, 0.05) is 5.56 Å². The third-order valence-corrected chi connectivity index (χ3v) is 2.47. The summed E-state index contributed by atoms with van der Waals surface area (Å²) < 4.78 is 13.7. The molecule has 2 aromatic rings. The van der Waals surface area contributed by atoms with Crippen LogP contribution in [0.3, 0.4) is 0 Å². The van der Waals surface area contributed by atoms with Crippen LogP contribution < -0.4 is 0 Å². The van der Waals surface area contributed by atoms with Crippen LogP contribution in [0.2, 0.25) is 0 Å². The van der Waals surface area contributed by atoms with Gasteiger partial charge < -0.3 is 0 Å². The van der Waals surface area contributed by atoms with Gasteiger partial charge in [0.15, 0.2) is 0 Å². The highest BCUT2D eigenvalue weighted by atomic mass is 19.1. The zero-order valence-electron chi connectivity index (χ0n) is 8.91. The number of allylic oxidation sites excluding steroid dienone is 1. The molecule has 0 spiro atoms. The Morgan fingerprint density at radius 2 is 1.44 bits per heavy atom. The molecule has 0 saturated heterocycles. The van der Waals surface area contributed by atoms with E-state index in [2.05, 4.69) is 13.5 Å². The fourth-order valence-corrected chi connectivity index (χ4v) is 1.71. The predicted octanol–water partition coefficient (Wildman–Crippen LogP) is 4.34. The first kappa shape index (κ1) is 10.6. The summed E-state index contributed by atoms with van der Waals surface area (Å²) in [4.78, 5) is 0. The lowest BCUT2D eigenvalue weighted by Crippen LogP contribution is -1.89. The molecule has 0 fully saturated rings. The minimum Gasteiger partial charge on any atom is -0.206 e. The summed E-state index contributed by atoms with van der Waals surface area (Å²) in [6.45, 7) is 7.62. The quantitative estimate of drug-likeness (QED) is 0.693. The minimum atomic E-state index is -0.226. The van der Waals surface area contributed by atoms with Crippen LogP contribution in [0, 0.1) is 12.7 Å². The van der Waals surface area contributed by atoms with Crippen LogP contribution >= 0.6 is 0 Å². The molecule has 0 N–H and O–H groups in total. The molecule has 0 atom stereocenters. The maximum Gasteiger partial charge on any atom is 0.131 e. The molecule has 79 valence electrons. The van der Waals surface area contributed by atoms with Crippen LogP contribution in [0.5, 0.6) is 0 Å². The molecule has 0 aliphatic carbocycles. The van der Waals surface area contributed by atoms with Crippen LogP contribution in [0.15, 0.2) is 55.1 Å². The van der Waals surface area contributed by atoms with E-state index >= 15 is 0 Å². The molecule has 0 aromatic heterocycles. The van der Waals surface area contributed by atoms with E-state index in [9.17, 15) is 4.39 Å². The van der Waals surface area contributed by atoms with Crippen molar-refractivity contribution in [1.29, 1.82) is 0 Å². The molecule has 1 radical (unpaired) electrons. The van der Waals surface area contributed by atoms with E-state index in [1.54, 1.807) is 12.1 Å². The monoisotopic (exact) mass is 211 g/mol. The van der Waals surface area contributed by atoms with Crippen molar-refractivity contribution >= 4 is 5.57 Å². The van der Waals surface area contributed by atoms with Crippen molar-refractivity contribution in [2.24, 2.45) is 0 Å². The highest BCUT2D eigenvalue weighted by molar-refractivity contribution is 5.81. The molecule has 0 unspecified atom stereocenters. The Bertz CT molecular complexity index is 526. The first-order valence-electron chi connectivity index (χ1n) is 5.05. The summed E-state index contributed by atoms with van der Waals surface area (Å²) in [6, 6.07) is 14.3. The molecule has 0 heterocycles. The van der Waals surface area contributed by atoms with Gasteiger partial charge in [-0.1, -0.05) is 49.0 Å². The number of hydrogen-bond acceptors (Lipinski definition) is 0. The molecular weight excluding hydrogens is 199 g/mol. The Balaban J connectivity index is 2.65. The average Bonchev–Trinajstić information content (AvgIpc) is 2.29. The van der Waals surface area contributed by atoms with Crippen molar-refractivity contribution in [3.63, 3.8) is 0 Å². The van der Waals surface area contributed by atoms with Crippen LogP contribution in [0.25, 0.3) is 16.7 Å². The first-order valence-corrected chi connectivity index (χ1v) is 5.05. The smallest absolute Gasteiger partial charge is 0.131 e. The SMILES string of the molecule is [CH2]C(=C)c1ccccc1-c1ccccc1F. The molecule has 2 rings (SSSR count). The lowest BCUT2D eigenvalue weighted by Gasteiger charge is -2.09. The highest BCUT2D eigenvalue weighted by Crippen LogP contribution is 2.29. The van der Waals surface area contributed by atoms with Gasteiger partial charge in [0.2, 0.25) is 0 Å². The van der Waals surface area contributed by atoms with Gasteiger partial charge in [-0.3, -0.25) is 0 Å². The number of halogens is 1. The topological polar surface area (TPSA) is 0 Å². The zero-order chi connectivity index (χ0) is 11.5. The second kappa shape index (κ2) is 4.31. The maximum absolute atomic E-state index is 13.7. The van der Waals surface area contributed by atoms with E-state index in [0.29, 0.717) is 11.1 Å². The number of benzene rings is 2. The Kier molecular flexibility index (Phi) is 2.86. The van der Waals surface area contributed by atoms with E-state index in [1.165, 1.54) is 6.07 Å². The first-order chi connectivity index (χ1) is 7.70. The van der Waals surface area contributed by atoms with Gasteiger partial charge in [0.25, 0.3) is 0 Å². The van der Waals surface area contributed by atoms with Gasteiger partial charge in [-0.05, 0) is 29.7 Å². The van der Waals surface area contributed by atoms with E-state index in [0.717, 1.165) is 11.1 Å². The van der Waals surface area contributed by atoms with Crippen molar-refractivity contribution in [2.45, 2.75) is 0 Å². The lowest BCUT2D eigenvalue weighted by atomic mass is 9.96. The molecule has 0 aliphatic heterocycles. The summed E-state index contributed by atoms with van der Waals surface area (Å²) in [5, 5.41) is 0. The van der Waals surface area contributed by atoms with Crippen LogP contribution in [0.4, 0.5) is 4.39 Å². The number of rotatable bonds is 2. The van der Waals surface area contributed by atoms with E-state index in [4.69, 9.17) is 0 Å². The second-order valence-electron chi connectivity index (χ2n) is 3.63. The van der Waals surface area contributed by atoms with Crippen LogP contribution in [-0.4, -0.2) is 0 Å². The molecule has 16 heavy (non-hydrogen) atoms. The van der Waals surface area contributed by atoms with Crippen LogP contribution in [-0.2, 0) is 0 Å². The number of hydrogen-bond donors (Lipinski definition) is 0. The Hall–Kier alpha value is -1.89. The largest absolute Gasteiger partial charge is 0.206 e. The summed E-state index contributed by atoms with van der Waals surface area (Å²) in [5.41, 5.74) is 3.00. The molecule has 0 saturated carbocycles. The second-order valence-corrected chi connectivity index (χ2v) is 3.63. The fourth-order valence-electron chi connectivity index (χ4n) is 1.71. The van der Waals surface area contributed by atoms with E-state index in [-0.39, 0.29) is 5.82 Å². The van der Waals surface area contributed by atoms with Gasteiger partial charge >= 0.3 is 0 Å². The molecule has 0 amide bonds. The fraction of sp³-hybridized carbons (Fsp3) is 0. The molecule has 0 aliphatic rings. The Morgan fingerprint density at radius 1 is 0.875 bits per heavy atom. The summed E-state index contributed by atoms with van der Waals surface area (Å²) in [5.74, 6) is -0.226. The van der Waals surface area contributed by atoms with Crippen molar-refractivity contribution in [2.75, 3.05) is 0 Å². The summed E-state index contributed by atoms with van der Waals surface area (Å²) in [6.07, 6.45) is 0. The molecule has 2 aromatic carbocycles. The third-order valence-electron chi connectivity index (χ3n) is 2.47. The van der Waals surface area contributed by atoms with Crippen LogP contribution in [0.1, 0.15) is 5.56 Å². The lowest BCUT2D eigenvalue weighted by molar-refractivity contribution is 0.631. The van der Waals surface area contributed by atoms with Gasteiger partial charge in [-0.2, -0.15) is 0 Å². The third kappa shape index (κ3) is 1.89. The van der Waals surface area contributed by atoms with E-state index < -0.39 is 0 Å². The van der Waals surface area contributed by atoms with Gasteiger partial charge in [-0.15, -0.1) is 0 Å². The Morgan fingerprint density at radius 3 is 2.06 bits per heavy atom. The molecule has 0 nitrogen and oxygen atoms in total. The van der Waals surface area contributed by atoms with Gasteiger partial charge in [0.05, 0.1) is 0 Å². The molecule has 1 heteroatoms. The predicted molar refractivity (Wildman–Crippen MR) is 66.2 cm³/mol. The summed E-state index contributed by atoms with van der Waals surface area (Å²) >= 11 is 0. The molecule has 0 bridgehead atoms. The van der Waals surface area contributed by atoms with Gasteiger partial charge in [0.1, 0.15) is 5.82 Å². The van der Waals surface area contributed by atoms with Crippen molar-refractivity contribution < 1.29 is 4.39 Å². The minimum absolute atomic E-state index is 0.226. The normalized spacial score (nSPS) is 10.1. The van der Waals surface area contributed by atoms with Crippen molar-refractivity contribution in [3.8, 4) is 11.1 Å². The highest BCUT2D eigenvalue weighted by Gasteiger charge is 2.08. The zero-order valence-corrected chi connectivity index (χ0v) is 8.91. The summed E-state index contributed by atoms with van der Waals surface area (Å²) in [7, 11) is 0. The average molecular weight is 211 g/mol. The molecular formula is C15H12F. The van der Waals surface area contributed by atoms with E-state index in [1.807, 2.05) is 30.3 Å². The van der Waals surface area contributed by atoms with Crippen molar-refractivity contribution in [1.82, 2.24) is 0 Å². The standard InChI is InChI=1S/C15H12F/c1-11(2)12-7-3-4-8-13(12)14-9-5-6-10-15(14)16/h3-10H,1-2H2. The van der Waals surface area contributed by atoms with Crippen molar-refractivity contribution in [3.05, 3.63) is 73.4 Å². The van der Waals surface area contributed by atoms with Gasteiger partial charge in [-0.25, -0.2) is 4.39 Å². The Labute approximate surface area is 95.1 Å². The maximum atomic E-state index is 13.7.